The maximum absolute atomic E-state index is 5.49. The summed E-state index contributed by atoms with van der Waals surface area (Å²) in [4.78, 5) is 1.10. The predicted octanol–water partition coefficient (Wildman–Crippen LogP) is 4.23. The monoisotopic (exact) mass is 248 g/mol. The van der Waals surface area contributed by atoms with Crippen molar-refractivity contribution in [3.8, 4) is 5.75 Å². The van der Waals surface area contributed by atoms with Gasteiger partial charge in [-0.25, -0.2) is 0 Å². The van der Waals surface area contributed by atoms with Crippen molar-refractivity contribution in [2.45, 2.75) is 13.8 Å². The Morgan fingerprint density at radius 1 is 1.41 bits per heavy atom. The van der Waals surface area contributed by atoms with Gasteiger partial charge in [0.15, 0.2) is 0 Å². The lowest BCUT2D eigenvalue weighted by atomic mass is 10.1. The van der Waals surface area contributed by atoms with E-state index in [1.807, 2.05) is 19.1 Å². The highest BCUT2D eigenvalue weighted by Crippen LogP contribution is 2.39. The fraction of sp³-hybridized carbons (Fsp3) is 0.286. The van der Waals surface area contributed by atoms with Crippen molar-refractivity contribution in [3.05, 3.63) is 35.2 Å². The Morgan fingerprint density at radius 3 is 2.82 bits per heavy atom. The summed E-state index contributed by atoms with van der Waals surface area (Å²) in [6, 6.07) is 6.08. The summed E-state index contributed by atoms with van der Waals surface area (Å²) in [6.07, 6.45) is 0. The van der Waals surface area contributed by atoms with Crippen LogP contribution in [-0.4, -0.2) is 13.7 Å². The van der Waals surface area contributed by atoms with Crippen LogP contribution in [0.15, 0.2) is 24.8 Å². The molecule has 0 aliphatic heterocycles. The summed E-state index contributed by atoms with van der Waals surface area (Å²) >= 11 is 1.70. The second kappa shape index (κ2) is 4.80. The van der Waals surface area contributed by atoms with Gasteiger partial charge >= 0.3 is 0 Å². The van der Waals surface area contributed by atoms with Crippen LogP contribution in [0.2, 0.25) is 0 Å². The second-order valence-corrected chi connectivity index (χ2v) is 4.80. The number of hydrogen-bond donors (Lipinski definition) is 0. The van der Waals surface area contributed by atoms with Crippen LogP contribution in [0, 0.1) is 6.92 Å². The van der Waals surface area contributed by atoms with Crippen LogP contribution in [-0.2, 0) is 4.74 Å². The first-order valence-electron chi connectivity index (χ1n) is 5.57. The van der Waals surface area contributed by atoms with Crippen LogP contribution in [0.25, 0.3) is 15.8 Å². The predicted molar refractivity (Wildman–Crippen MR) is 73.8 cm³/mol. The lowest BCUT2D eigenvalue weighted by molar-refractivity contribution is 0.300. The highest BCUT2D eigenvalue weighted by Gasteiger charge is 2.14. The molecule has 0 spiro atoms. The molecule has 1 aromatic carbocycles. The highest BCUT2D eigenvalue weighted by molar-refractivity contribution is 7.20. The van der Waals surface area contributed by atoms with Gasteiger partial charge < -0.3 is 9.47 Å². The van der Waals surface area contributed by atoms with Crippen LogP contribution < -0.4 is 4.74 Å². The van der Waals surface area contributed by atoms with Crippen LogP contribution in [0.5, 0.6) is 5.75 Å². The van der Waals surface area contributed by atoms with Gasteiger partial charge in [-0.15, -0.1) is 11.3 Å². The zero-order valence-corrected chi connectivity index (χ0v) is 11.2. The summed E-state index contributed by atoms with van der Waals surface area (Å²) in [7, 11) is 1.70. The Hall–Kier alpha value is -1.48. The summed E-state index contributed by atoms with van der Waals surface area (Å²) in [5, 5.41) is 1.16. The molecular formula is C14H16O2S. The van der Waals surface area contributed by atoms with E-state index in [4.69, 9.17) is 9.47 Å². The van der Waals surface area contributed by atoms with Crippen molar-refractivity contribution in [1.29, 1.82) is 0 Å². The second-order valence-electron chi connectivity index (χ2n) is 3.75. The smallest absolute Gasteiger partial charge is 0.129 e. The molecule has 2 nitrogen and oxygen atoms in total. The molecule has 0 saturated heterocycles. The molecule has 3 heteroatoms. The van der Waals surface area contributed by atoms with Crippen molar-refractivity contribution in [1.82, 2.24) is 0 Å². The molecule has 17 heavy (non-hydrogen) atoms. The van der Waals surface area contributed by atoms with E-state index in [1.54, 1.807) is 18.4 Å². The summed E-state index contributed by atoms with van der Waals surface area (Å²) in [5.74, 6) is 1.65. The van der Waals surface area contributed by atoms with Crippen LogP contribution in [0.4, 0.5) is 0 Å². The van der Waals surface area contributed by atoms with Gasteiger partial charge in [-0.2, -0.15) is 0 Å². The van der Waals surface area contributed by atoms with Gasteiger partial charge in [0, 0.05) is 10.1 Å². The minimum absolute atomic E-state index is 0.643. The van der Waals surface area contributed by atoms with E-state index in [9.17, 15) is 0 Å². The number of methoxy groups -OCH3 is 1. The lowest BCUT2D eigenvalue weighted by Crippen LogP contribution is -1.89. The minimum atomic E-state index is 0.643. The first kappa shape index (κ1) is 12.0. The average molecular weight is 248 g/mol. The molecule has 0 N–H and O–H groups in total. The molecule has 0 radical (unpaired) electrons. The van der Waals surface area contributed by atoms with Gasteiger partial charge in [0.1, 0.15) is 11.5 Å². The number of aryl methyl sites for hydroxylation is 1. The number of fused-ring (bicyclic) bond motifs is 1. The van der Waals surface area contributed by atoms with Gasteiger partial charge in [-0.3, -0.25) is 0 Å². The summed E-state index contributed by atoms with van der Waals surface area (Å²) in [5.41, 5.74) is 1.18. The number of ether oxygens (including phenoxy) is 2. The molecule has 0 fully saturated rings. The first-order chi connectivity index (χ1) is 8.19. The number of rotatable bonds is 4. The van der Waals surface area contributed by atoms with Crippen molar-refractivity contribution in [3.63, 3.8) is 0 Å². The van der Waals surface area contributed by atoms with Crippen molar-refractivity contribution >= 4 is 27.2 Å². The first-order valence-corrected chi connectivity index (χ1v) is 6.38. The summed E-state index contributed by atoms with van der Waals surface area (Å²) < 4.78 is 12.1. The third kappa shape index (κ3) is 2.03. The Bertz CT molecular complexity index is 555. The number of thiophene rings is 1. The molecule has 0 atom stereocenters. The van der Waals surface area contributed by atoms with Gasteiger partial charge in [0.05, 0.1) is 18.6 Å². The Kier molecular flexibility index (Phi) is 3.38. The third-order valence-corrected chi connectivity index (χ3v) is 4.01. The SMILES string of the molecule is C=C(OCC)c1sc2cccc(OC)c2c1C. The fourth-order valence-corrected chi connectivity index (χ4v) is 3.09. The maximum atomic E-state index is 5.49. The molecule has 1 heterocycles. The van der Waals surface area contributed by atoms with Gasteiger partial charge in [-0.05, 0) is 31.5 Å². The molecular weight excluding hydrogens is 232 g/mol. The quantitative estimate of drug-likeness (QED) is 0.754. The van der Waals surface area contributed by atoms with Crippen LogP contribution >= 0.6 is 11.3 Å². The van der Waals surface area contributed by atoms with E-state index in [1.165, 1.54) is 10.3 Å². The average Bonchev–Trinajstić information content (AvgIpc) is 2.67. The molecule has 0 saturated carbocycles. The largest absolute Gasteiger partial charge is 0.496 e. The summed E-state index contributed by atoms with van der Waals surface area (Å²) in [6.45, 7) is 8.67. The number of benzene rings is 1. The zero-order valence-electron chi connectivity index (χ0n) is 10.4. The van der Waals surface area contributed by atoms with E-state index in [0.29, 0.717) is 6.61 Å². The van der Waals surface area contributed by atoms with Crippen molar-refractivity contribution < 1.29 is 9.47 Å². The zero-order chi connectivity index (χ0) is 12.4. The van der Waals surface area contributed by atoms with E-state index in [2.05, 4.69) is 19.6 Å². The van der Waals surface area contributed by atoms with Crippen molar-refractivity contribution in [2.24, 2.45) is 0 Å². The Morgan fingerprint density at radius 2 is 2.18 bits per heavy atom. The molecule has 2 aromatic rings. The minimum Gasteiger partial charge on any atom is -0.496 e. The molecule has 0 unspecified atom stereocenters. The topological polar surface area (TPSA) is 18.5 Å². The van der Waals surface area contributed by atoms with Crippen molar-refractivity contribution in [2.75, 3.05) is 13.7 Å². The fourth-order valence-electron chi connectivity index (χ4n) is 1.94. The van der Waals surface area contributed by atoms with Crippen LogP contribution in [0.3, 0.4) is 0 Å². The van der Waals surface area contributed by atoms with Gasteiger partial charge in [-0.1, -0.05) is 12.6 Å². The molecule has 1 aromatic heterocycles. The van der Waals surface area contributed by atoms with Gasteiger partial charge in [0.2, 0.25) is 0 Å². The molecule has 0 aliphatic carbocycles. The molecule has 90 valence electrons. The third-order valence-electron chi connectivity index (χ3n) is 2.71. The highest BCUT2D eigenvalue weighted by atomic mass is 32.1. The van der Waals surface area contributed by atoms with E-state index >= 15 is 0 Å². The van der Waals surface area contributed by atoms with Crippen LogP contribution in [0.1, 0.15) is 17.4 Å². The Balaban J connectivity index is 2.61. The normalized spacial score (nSPS) is 10.5. The molecule has 0 bridgehead atoms. The van der Waals surface area contributed by atoms with Gasteiger partial charge in [0.25, 0.3) is 0 Å². The Labute approximate surface area is 105 Å². The molecule has 2 rings (SSSR count). The number of hydrogen-bond acceptors (Lipinski definition) is 3. The van der Waals surface area contributed by atoms with E-state index < -0.39 is 0 Å². The van der Waals surface area contributed by atoms with E-state index in [-0.39, 0.29) is 0 Å². The maximum Gasteiger partial charge on any atom is 0.129 e. The standard InChI is InChI=1S/C14H16O2S/c1-5-16-10(3)14-9(2)13-11(15-4)7-6-8-12(13)17-14/h6-8H,3,5H2,1-2,4H3. The molecule has 0 amide bonds. The lowest BCUT2D eigenvalue weighted by Gasteiger charge is -2.06. The molecule has 0 aliphatic rings. The van der Waals surface area contributed by atoms with E-state index in [0.717, 1.165) is 21.8 Å².